The number of rotatable bonds is 1. The molecule has 102 valence electrons. The number of halogens is 1. The summed E-state index contributed by atoms with van der Waals surface area (Å²) >= 11 is 0. The Labute approximate surface area is 111 Å². The normalized spacial score (nSPS) is 16.5. The molecule has 0 saturated carbocycles. The highest BCUT2D eigenvalue weighted by molar-refractivity contribution is 5.96. The number of hydrogen-bond acceptors (Lipinski definition) is 2. The van der Waals surface area contributed by atoms with Gasteiger partial charge >= 0.3 is 0 Å². The van der Waals surface area contributed by atoms with E-state index in [-0.39, 0.29) is 18.0 Å². The van der Waals surface area contributed by atoms with E-state index in [2.05, 4.69) is 0 Å². The number of nitrogens with zero attached hydrogens (tertiary/aromatic N) is 2. The number of amides is 2. The molecule has 1 aromatic rings. The van der Waals surface area contributed by atoms with Crippen LogP contribution in [0, 0.1) is 12.7 Å². The van der Waals surface area contributed by atoms with Crippen LogP contribution in [-0.2, 0) is 4.79 Å². The van der Waals surface area contributed by atoms with Crippen LogP contribution >= 0.6 is 0 Å². The third-order valence-electron chi connectivity index (χ3n) is 3.32. The lowest BCUT2D eigenvalue weighted by molar-refractivity contribution is -0.129. The van der Waals surface area contributed by atoms with Gasteiger partial charge in [0.15, 0.2) is 0 Å². The highest BCUT2D eigenvalue weighted by atomic mass is 19.1. The minimum atomic E-state index is -0.532. The van der Waals surface area contributed by atoms with Crippen molar-refractivity contribution < 1.29 is 14.0 Å². The molecule has 1 aromatic carbocycles. The topological polar surface area (TPSA) is 40.6 Å². The fraction of sp³-hybridized carbons (Fsp3) is 0.429. The Morgan fingerprint density at radius 3 is 2.74 bits per heavy atom. The maximum absolute atomic E-state index is 13.8. The molecule has 0 radical (unpaired) electrons. The van der Waals surface area contributed by atoms with Crippen LogP contribution in [0.2, 0.25) is 0 Å². The highest BCUT2D eigenvalue weighted by Crippen LogP contribution is 2.14. The van der Waals surface area contributed by atoms with Crippen molar-refractivity contribution in [2.45, 2.75) is 13.3 Å². The summed E-state index contributed by atoms with van der Waals surface area (Å²) in [6, 6.07) is 4.51. The molecule has 0 aromatic heterocycles. The molecule has 0 aliphatic carbocycles. The average molecular weight is 264 g/mol. The molecule has 1 fully saturated rings. The first kappa shape index (κ1) is 13.5. The van der Waals surface area contributed by atoms with E-state index >= 15 is 0 Å². The van der Waals surface area contributed by atoms with Gasteiger partial charge in [-0.15, -0.1) is 0 Å². The fourth-order valence-electron chi connectivity index (χ4n) is 2.12. The summed E-state index contributed by atoms with van der Waals surface area (Å²) in [5, 5.41) is 0. The Bertz CT molecular complexity index is 516. The van der Waals surface area contributed by atoms with Gasteiger partial charge in [0.2, 0.25) is 5.91 Å². The Morgan fingerprint density at radius 2 is 2.05 bits per heavy atom. The highest BCUT2D eigenvalue weighted by Gasteiger charge is 2.25. The standard InChI is InChI=1S/C14H17FN2O2/c1-10-4-5-11(12(15)8-10)14(19)17-7-3-6-16(2)13(18)9-17/h4-5,8H,3,6-7,9H2,1-2H3. The largest absolute Gasteiger partial charge is 0.344 e. The summed E-state index contributed by atoms with van der Waals surface area (Å²) in [5.74, 6) is -1.06. The van der Waals surface area contributed by atoms with Crippen molar-refractivity contribution in [1.29, 1.82) is 0 Å². The maximum Gasteiger partial charge on any atom is 0.257 e. The van der Waals surface area contributed by atoms with E-state index in [1.165, 1.54) is 17.0 Å². The first-order valence-electron chi connectivity index (χ1n) is 6.28. The van der Waals surface area contributed by atoms with E-state index in [1.54, 1.807) is 24.9 Å². The maximum atomic E-state index is 13.8. The van der Waals surface area contributed by atoms with E-state index in [0.717, 1.165) is 5.56 Å². The van der Waals surface area contributed by atoms with Crippen molar-refractivity contribution in [3.05, 3.63) is 35.1 Å². The molecule has 0 bridgehead atoms. The first-order valence-corrected chi connectivity index (χ1v) is 6.28. The molecule has 0 N–H and O–H groups in total. The lowest BCUT2D eigenvalue weighted by Gasteiger charge is -2.20. The lowest BCUT2D eigenvalue weighted by atomic mass is 10.1. The van der Waals surface area contributed by atoms with Crippen molar-refractivity contribution in [2.24, 2.45) is 0 Å². The second kappa shape index (κ2) is 5.38. The van der Waals surface area contributed by atoms with Gasteiger partial charge in [-0.3, -0.25) is 9.59 Å². The summed E-state index contributed by atoms with van der Waals surface area (Å²) in [6.07, 6.45) is 0.710. The third kappa shape index (κ3) is 2.92. The number of carbonyl (C=O) groups excluding carboxylic acids is 2. The van der Waals surface area contributed by atoms with E-state index in [1.807, 2.05) is 0 Å². The number of likely N-dealkylation sites (N-methyl/N-ethyl adjacent to an activating group) is 1. The predicted molar refractivity (Wildman–Crippen MR) is 69.3 cm³/mol. The van der Waals surface area contributed by atoms with Crippen LogP contribution in [0.1, 0.15) is 22.3 Å². The zero-order chi connectivity index (χ0) is 14.0. The molecule has 2 rings (SSSR count). The van der Waals surface area contributed by atoms with Crippen LogP contribution in [0.15, 0.2) is 18.2 Å². The zero-order valence-corrected chi connectivity index (χ0v) is 11.1. The number of benzene rings is 1. The van der Waals surface area contributed by atoms with E-state index < -0.39 is 11.7 Å². The SMILES string of the molecule is Cc1ccc(C(=O)N2CCCN(C)C(=O)C2)c(F)c1. The zero-order valence-electron chi connectivity index (χ0n) is 11.1. The molecule has 1 saturated heterocycles. The Kier molecular flexibility index (Phi) is 3.83. The van der Waals surface area contributed by atoms with Crippen molar-refractivity contribution in [3.8, 4) is 0 Å². The molecular weight excluding hydrogens is 247 g/mol. The van der Waals surface area contributed by atoms with Gasteiger partial charge in [0.05, 0.1) is 5.56 Å². The average Bonchev–Trinajstić information content (AvgIpc) is 2.51. The molecule has 1 aliphatic rings. The summed E-state index contributed by atoms with van der Waals surface area (Å²) in [6.45, 7) is 2.88. The minimum Gasteiger partial charge on any atom is -0.344 e. The van der Waals surface area contributed by atoms with Gasteiger partial charge in [0.1, 0.15) is 12.4 Å². The molecular formula is C14H17FN2O2. The van der Waals surface area contributed by atoms with E-state index in [9.17, 15) is 14.0 Å². The van der Waals surface area contributed by atoms with Crippen LogP contribution in [0.5, 0.6) is 0 Å². The van der Waals surface area contributed by atoms with Crippen LogP contribution < -0.4 is 0 Å². The van der Waals surface area contributed by atoms with E-state index in [0.29, 0.717) is 19.5 Å². The number of aryl methyl sites for hydroxylation is 1. The summed E-state index contributed by atoms with van der Waals surface area (Å²) in [7, 11) is 1.71. The van der Waals surface area contributed by atoms with Gasteiger partial charge in [0.25, 0.3) is 5.91 Å². The molecule has 4 nitrogen and oxygen atoms in total. The van der Waals surface area contributed by atoms with Gasteiger partial charge < -0.3 is 9.80 Å². The predicted octanol–water partition coefficient (Wildman–Crippen LogP) is 1.44. The molecule has 0 atom stereocenters. The number of carbonyl (C=O) groups is 2. The van der Waals surface area contributed by atoms with Gasteiger partial charge in [-0.05, 0) is 31.0 Å². The summed E-state index contributed by atoms with van der Waals surface area (Å²) < 4.78 is 13.8. The van der Waals surface area contributed by atoms with Gasteiger partial charge in [-0.25, -0.2) is 4.39 Å². The Hall–Kier alpha value is -1.91. The number of hydrogen-bond donors (Lipinski definition) is 0. The van der Waals surface area contributed by atoms with E-state index in [4.69, 9.17) is 0 Å². The van der Waals surface area contributed by atoms with Crippen LogP contribution in [0.25, 0.3) is 0 Å². The molecule has 0 unspecified atom stereocenters. The summed E-state index contributed by atoms with van der Waals surface area (Å²) in [4.78, 5) is 27.0. The van der Waals surface area contributed by atoms with Gasteiger partial charge in [-0.1, -0.05) is 6.07 Å². The molecule has 2 amide bonds. The van der Waals surface area contributed by atoms with Crippen molar-refractivity contribution in [2.75, 3.05) is 26.7 Å². The second-order valence-corrected chi connectivity index (χ2v) is 4.88. The second-order valence-electron chi connectivity index (χ2n) is 4.88. The minimum absolute atomic E-state index is 0.0165. The van der Waals surface area contributed by atoms with Crippen molar-refractivity contribution in [3.63, 3.8) is 0 Å². The third-order valence-corrected chi connectivity index (χ3v) is 3.32. The quantitative estimate of drug-likeness (QED) is 0.770. The molecule has 5 heteroatoms. The Balaban J connectivity index is 2.21. The molecule has 1 aliphatic heterocycles. The molecule has 0 spiro atoms. The molecule has 19 heavy (non-hydrogen) atoms. The van der Waals surface area contributed by atoms with Gasteiger partial charge in [-0.2, -0.15) is 0 Å². The summed E-state index contributed by atoms with van der Waals surface area (Å²) in [5.41, 5.74) is 0.795. The monoisotopic (exact) mass is 264 g/mol. The van der Waals surface area contributed by atoms with Crippen molar-refractivity contribution in [1.82, 2.24) is 9.80 Å². The lowest BCUT2D eigenvalue weighted by Crippen LogP contribution is -2.38. The smallest absolute Gasteiger partial charge is 0.257 e. The first-order chi connectivity index (χ1) is 8.99. The van der Waals surface area contributed by atoms with Gasteiger partial charge in [0, 0.05) is 20.1 Å². The Morgan fingerprint density at radius 1 is 1.32 bits per heavy atom. The van der Waals surface area contributed by atoms with Crippen LogP contribution in [-0.4, -0.2) is 48.3 Å². The van der Waals surface area contributed by atoms with Crippen molar-refractivity contribution >= 4 is 11.8 Å². The van der Waals surface area contributed by atoms with Crippen LogP contribution in [0.3, 0.4) is 0 Å². The van der Waals surface area contributed by atoms with Crippen LogP contribution in [0.4, 0.5) is 4.39 Å². The molecule has 1 heterocycles. The fourth-order valence-corrected chi connectivity index (χ4v) is 2.12.